The van der Waals surface area contributed by atoms with E-state index >= 15 is 0 Å². The molecule has 1 atom stereocenters. The van der Waals surface area contributed by atoms with Gasteiger partial charge >= 0.3 is 0 Å². The van der Waals surface area contributed by atoms with E-state index in [0.29, 0.717) is 0 Å². The van der Waals surface area contributed by atoms with Gasteiger partial charge in [0.15, 0.2) is 0 Å². The van der Waals surface area contributed by atoms with Gasteiger partial charge in [-0.05, 0) is 49.7 Å². The van der Waals surface area contributed by atoms with Crippen molar-refractivity contribution in [3.63, 3.8) is 0 Å². The minimum absolute atomic E-state index is 0.0290. The normalized spacial score (nSPS) is 12.4. The fourth-order valence-electron chi connectivity index (χ4n) is 2.34. The van der Waals surface area contributed by atoms with E-state index in [9.17, 15) is 4.39 Å². The summed E-state index contributed by atoms with van der Waals surface area (Å²) in [6.07, 6.45) is 0. The Labute approximate surface area is 108 Å². The lowest BCUT2D eigenvalue weighted by Crippen LogP contribution is -2.18. The quantitative estimate of drug-likeness (QED) is 0.865. The number of rotatable bonds is 3. The highest BCUT2D eigenvalue weighted by molar-refractivity contribution is 5.38. The Morgan fingerprint density at radius 1 is 1.06 bits per heavy atom. The van der Waals surface area contributed by atoms with Crippen LogP contribution in [0.25, 0.3) is 0 Å². The van der Waals surface area contributed by atoms with Crippen molar-refractivity contribution >= 4 is 0 Å². The van der Waals surface area contributed by atoms with Crippen LogP contribution in [0.5, 0.6) is 0 Å². The molecule has 2 rings (SSSR count). The fourth-order valence-corrected chi connectivity index (χ4v) is 2.34. The second-order valence-electron chi connectivity index (χ2n) is 4.64. The zero-order valence-corrected chi connectivity index (χ0v) is 11.0. The van der Waals surface area contributed by atoms with Gasteiger partial charge in [-0.15, -0.1) is 0 Å². The smallest absolute Gasteiger partial charge is 0.123 e. The van der Waals surface area contributed by atoms with Crippen LogP contribution in [0, 0.1) is 19.7 Å². The SMILES string of the molecule is CNC(c1cccc(F)c1)c1ccc(C)cc1C. The van der Waals surface area contributed by atoms with Crippen LogP contribution >= 0.6 is 0 Å². The van der Waals surface area contributed by atoms with E-state index in [-0.39, 0.29) is 11.9 Å². The third-order valence-electron chi connectivity index (χ3n) is 3.21. The molecule has 1 unspecified atom stereocenters. The third kappa shape index (κ3) is 2.59. The highest BCUT2D eigenvalue weighted by atomic mass is 19.1. The van der Waals surface area contributed by atoms with Crippen molar-refractivity contribution in [3.05, 3.63) is 70.5 Å². The Kier molecular flexibility index (Phi) is 3.78. The van der Waals surface area contributed by atoms with Gasteiger partial charge in [0.05, 0.1) is 6.04 Å². The predicted octanol–water partition coefficient (Wildman–Crippen LogP) is 3.75. The standard InChI is InChI=1S/C16H18FN/c1-11-7-8-15(12(2)9-11)16(18-3)13-5-4-6-14(17)10-13/h4-10,16,18H,1-3H3. The first-order valence-electron chi connectivity index (χ1n) is 6.11. The first-order valence-corrected chi connectivity index (χ1v) is 6.11. The second kappa shape index (κ2) is 5.32. The summed E-state index contributed by atoms with van der Waals surface area (Å²) in [5, 5.41) is 3.26. The van der Waals surface area contributed by atoms with E-state index in [1.807, 2.05) is 13.1 Å². The minimum Gasteiger partial charge on any atom is -0.309 e. The summed E-state index contributed by atoms with van der Waals surface area (Å²) in [5.74, 6) is -0.197. The molecule has 1 nitrogen and oxygen atoms in total. The van der Waals surface area contributed by atoms with E-state index in [0.717, 1.165) is 5.56 Å². The number of benzene rings is 2. The molecule has 0 fully saturated rings. The van der Waals surface area contributed by atoms with E-state index in [4.69, 9.17) is 0 Å². The van der Waals surface area contributed by atoms with Gasteiger partial charge < -0.3 is 5.32 Å². The molecule has 0 aliphatic rings. The van der Waals surface area contributed by atoms with Crippen LogP contribution < -0.4 is 5.32 Å². The Balaban J connectivity index is 2.45. The molecular formula is C16H18FN. The molecular weight excluding hydrogens is 225 g/mol. The van der Waals surface area contributed by atoms with E-state index in [1.54, 1.807) is 12.1 Å². The molecule has 0 saturated carbocycles. The van der Waals surface area contributed by atoms with Crippen molar-refractivity contribution in [2.75, 3.05) is 7.05 Å². The molecule has 2 aromatic carbocycles. The van der Waals surface area contributed by atoms with Crippen LogP contribution in [0.4, 0.5) is 4.39 Å². The molecule has 94 valence electrons. The summed E-state index contributed by atoms with van der Waals surface area (Å²) in [6.45, 7) is 4.17. The van der Waals surface area contributed by atoms with Gasteiger partial charge in [-0.25, -0.2) is 4.39 Å². The molecule has 0 radical (unpaired) electrons. The van der Waals surface area contributed by atoms with Crippen LogP contribution in [0.2, 0.25) is 0 Å². The summed E-state index contributed by atoms with van der Waals surface area (Å²) in [5.41, 5.74) is 4.60. The molecule has 1 N–H and O–H groups in total. The zero-order valence-electron chi connectivity index (χ0n) is 11.0. The molecule has 0 bridgehead atoms. The first kappa shape index (κ1) is 12.8. The zero-order chi connectivity index (χ0) is 13.1. The summed E-state index contributed by atoms with van der Waals surface area (Å²) in [7, 11) is 1.90. The molecule has 0 saturated heterocycles. The van der Waals surface area contributed by atoms with Crippen molar-refractivity contribution in [2.24, 2.45) is 0 Å². The lowest BCUT2D eigenvalue weighted by Gasteiger charge is -2.20. The first-order chi connectivity index (χ1) is 8.61. The molecule has 0 heterocycles. The van der Waals surface area contributed by atoms with Crippen LogP contribution in [0.3, 0.4) is 0 Å². The van der Waals surface area contributed by atoms with E-state index in [1.165, 1.54) is 22.8 Å². The highest BCUT2D eigenvalue weighted by Crippen LogP contribution is 2.25. The largest absolute Gasteiger partial charge is 0.309 e. The molecule has 0 aliphatic heterocycles. The Bertz CT molecular complexity index is 549. The summed E-state index contributed by atoms with van der Waals surface area (Å²) in [6, 6.07) is 13.1. The number of hydrogen-bond acceptors (Lipinski definition) is 1. The molecule has 0 amide bonds. The van der Waals surface area contributed by atoms with E-state index < -0.39 is 0 Å². The van der Waals surface area contributed by atoms with Crippen molar-refractivity contribution < 1.29 is 4.39 Å². The van der Waals surface area contributed by atoms with Gasteiger partial charge in [0.25, 0.3) is 0 Å². The van der Waals surface area contributed by atoms with Crippen LogP contribution in [-0.4, -0.2) is 7.05 Å². The van der Waals surface area contributed by atoms with Crippen molar-refractivity contribution in [2.45, 2.75) is 19.9 Å². The Hall–Kier alpha value is -1.67. The van der Waals surface area contributed by atoms with Gasteiger partial charge in [0.1, 0.15) is 5.82 Å². The maximum Gasteiger partial charge on any atom is 0.123 e. The number of nitrogens with one attached hydrogen (secondary N) is 1. The number of aryl methyl sites for hydroxylation is 2. The fraction of sp³-hybridized carbons (Fsp3) is 0.250. The van der Waals surface area contributed by atoms with Gasteiger partial charge in [0, 0.05) is 0 Å². The van der Waals surface area contributed by atoms with Gasteiger partial charge in [-0.1, -0.05) is 35.9 Å². The molecule has 0 aliphatic carbocycles. The summed E-state index contributed by atoms with van der Waals surface area (Å²) < 4.78 is 13.3. The van der Waals surface area contributed by atoms with Crippen LogP contribution in [0.1, 0.15) is 28.3 Å². The van der Waals surface area contributed by atoms with E-state index in [2.05, 4.69) is 37.4 Å². The molecule has 2 aromatic rings. The molecule has 0 aromatic heterocycles. The van der Waals surface area contributed by atoms with Crippen molar-refractivity contribution in [1.82, 2.24) is 5.32 Å². The maximum absolute atomic E-state index is 13.3. The average Bonchev–Trinajstić information content (AvgIpc) is 2.33. The van der Waals surface area contributed by atoms with Gasteiger partial charge in [0.2, 0.25) is 0 Å². The summed E-state index contributed by atoms with van der Waals surface area (Å²) >= 11 is 0. The highest BCUT2D eigenvalue weighted by Gasteiger charge is 2.14. The number of halogens is 1. The molecule has 2 heteroatoms. The average molecular weight is 243 g/mol. The maximum atomic E-state index is 13.3. The summed E-state index contributed by atoms with van der Waals surface area (Å²) in [4.78, 5) is 0. The molecule has 0 spiro atoms. The Morgan fingerprint density at radius 2 is 1.83 bits per heavy atom. The second-order valence-corrected chi connectivity index (χ2v) is 4.64. The van der Waals surface area contributed by atoms with Gasteiger partial charge in [-0.3, -0.25) is 0 Å². The van der Waals surface area contributed by atoms with Crippen molar-refractivity contribution in [1.29, 1.82) is 0 Å². The van der Waals surface area contributed by atoms with Crippen LogP contribution in [0.15, 0.2) is 42.5 Å². The van der Waals surface area contributed by atoms with Crippen LogP contribution in [-0.2, 0) is 0 Å². The van der Waals surface area contributed by atoms with Gasteiger partial charge in [-0.2, -0.15) is 0 Å². The minimum atomic E-state index is -0.197. The van der Waals surface area contributed by atoms with Crippen molar-refractivity contribution in [3.8, 4) is 0 Å². The predicted molar refractivity (Wildman–Crippen MR) is 73.2 cm³/mol. The molecule has 18 heavy (non-hydrogen) atoms. The third-order valence-corrected chi connectivity index (χ3v) is 3.21. The Morgan fingerprint density at radius 3 is 2.44 bits per heavy atom. The lowest BCUT2D eigenvalue weighted by molar-refractivity contribution is 0.616. The topological polar surface area (TPSA) is 12.0 Å². The number of hydrogen-bond donors (Lipinski definition) is 1. The lowest BCUT2D eigenvalue weighted by atomic mass is 9.94. The monoisotopic (exact) mass is 243 g/mol.